The van der Waals surface area contributed by atoms with E-state index in [1.807, 2.05) is 48.5 Å². The maximum atomic E-state index is 10.3. The van der Waals surface area contributed by atoms with Crippen LogP contribution >= 0.6 is 39.1 Å². The Morgan fingerprint density at radius 3 is 2.47 bits per heavy atom. The summed E-state index contributed by atoms with van der Waals surface area (Å²) in [7, 11) is 1.60. The van der Waals surface area contributed by atoms with E-state index in [2.05, 4.69) is 21.2 Å². The Hall–Kier alpha value is -1.76. The third kappa shape index (κ3) is 6.13. The van der Waals surface area contributed by atoms with Crippen molar-refractivity contribution in [3.05, 3.63) is 91.9 Å². The minimum absolute atomic E-state index is 0.326. The average Bonchev–Trinajstić information content (AvgIpc) is 2.75. The summed E-state index contributed by atoms with van der Waals surface area (Å²) in [5.74, 6) is 1.22. The first-order valence-electron chi connectivity index (χ1n) is 9.34. The third-order valence-electron chi connectivity index (χ3n) is 4.51. The molecule has 0 saturated heterocycles. The fraction of sp³-hybridized carbons (Fsp3) is 0.217. The minimum atomic E-state index is -0.564. The molecule has 1 atom stereocenters. The normalized spacial score (nSPS) is 11.9. The Balaban J connectivity index is 1.62. The smallest absolute Gasteiger partial charge is 0.175 e. The van der Waals surface area contributed by atoms with Crippen LogP contribution in [0.2, 0.25) is 10.0 Å². The molecule has 3 aromatic rings. The van der Waals surface area contributed by atoms with Crippen LogP contribution in [0, 0.1) is 0 Å². The largest absolute Gasteiger partial charge is 0.493 e. The van der Waals surface area contributed by atoms with E-state index in [9.17, 15) is 5.11 Å². The van der Waals surface area contributed by atoms with Crippen molar-refractivity contribution in [2.45, 2.75) is 19.3 Å². The second kappa shape index (κ2) is 11.0. The topological polar surface area (TPSA) is 50.7 Å². The third-order valence-corrected chi connectivity index (χ3v) is 5.84. The van der Waals surface area contributed by atoms with Gasteiger partial charge in [0, 0.05) is 13.1 Å². The number of hydrogen-bond acceptors (Lipinski definition) is 4. The molecule has 0 aromatic heterocycles. The summed E-state index contributed by atoms with van der Waals surface area (Å²) < 4.78 is 12.3. The highest BCUT2D eigenvalue weighted by molar-refractivity contribution is 9.10. The quantitative estimate of drug-likeness (QED) is 0.361. The molecule has 2 N–H and O–H groups in total. The summed E-state index contributed by atoms with van der Waals surface area (Å²) in [5.41, 5.74) is 2.79. The highest BCUT2D eigenvalue weighted by atomic mass is 79.9. The number of benzene rings is 3. The van der Waals surface area contributed by atoms with E-state index in [0.29, 0.717) is 41.2 Å². The van der Waals surface area contributed by atoms with E-state index in [4.69, 9.17) is 32.7 Å². The van der Waals surface area contributed by atoms with Gasteiger partial charge < -0.3 is 19.9 Å². The first kappa shape index (κ1) is 22.9. The Morgan fingerprint density at radius 2 is 1.77 bits per heavy atom. The van der Waals surface area contributed by atoms with E-state index in [1.54, 1.807) is 19.2 Å². The first-order chi connectivity index (χ1) is 14.5. The van der Waals surface area contributed by atoms with Crippen molar-refractivity contribution in [1.82, 2.24) is 5.32 Å². The molecule has 158 valence electrons. The van der Waals surface area contributed by atoms with Crippen LogP contribution in [-0.4, -0.2) is 18.8 Å². The zero-order valence-corrected chi connectivity index (χ0v) is 19.5. The van der Waals surface area contributed by atoms with Crippen LogP contribution in [0.3, 0.4) is 0 Å². The maximum Gasteiger partial charge on any atom is 0.175 e. The van der Waals surface area contributed by atoms with Crippen molar-refractivity contribution in [3.8, 4) is 11.5 Å². The summed E-state index contributed by atoms with van der Waals surface area (Å²) in [4.78, 5) is 0. The van der Waals surface area contributed by atoms with E-state index in [0.717, 1.165) is 21.2 Å². The monoisotopic (exact) mass is 509 g/mol. The molecule has 0 spiro atoms. The van der Waals surface area contributed by atoms with Crippen molar-refractivity contribution in [2.24, 2.45) is 0 Å². The summed E-state index contributed by atoms with van der Waals surface area (Å²) in [6.45, 7) is 1.35. The highest BCUT2D eigenvalue weighted by Crippen LogP contribution is 2.37. The van der Waals surface area contributed by atoms with Gasteiger partial charge in [-0.1, -0.05) is 59.6 Å². The van der Waals surface area contributed by atoms with Gasteiger partial charge in [-0.3, -0.25) is 0 Å². The van der Waals surface area contributed by atoms with Gasteiger partial charge in [-0.15, -0.1) is 0 Å². The minimum Gasteiger partial charge on any atom is -0.493 e. The summed E-state index contributed by atoms with van der Waals surface area (Å²) in [6.07, 6.45) is -0.564. The van der Waals surface area contributed by atoms with Crippen LogP contribution in [0.15, 0.2) is 65.1 Å². The molecular formula is C23H22BrCl2NO3. The van der Waals surface area contributed by atoms with Gasteiger partial charge >= 0.3 is 0 Å². The number of aliphatic hydroxyl groups excluding tert-OH is 1. The molecule has 0 radical (unpaired) electrons. The molecule has 0 amide bonds. The van der Waals surface area contributed by atoms with Gasteiger partial charge in [0.25, 0.3) is 0 Å². The van der Waals surface area contributed by atoms with Gasteiger partial charge in [0.15, 0.2) is 11.5 Å². The summed E-state index contributed by atoms with van der Waals surface area (Å²) in [6, 6.07) is 18.8. The lowest BCUT2D eigenvalue weighted by Crippen LogP contribution is -2.21. The lowest BCUT2D eigenvalue weighted by atomic mass is 10.1. The number of ether oxygens (including phenoxy) is 2. The molecule has 0 saturated carbocycles. The van der Waals surface area contributed by atoms with E-state index in [-0.39, 0.29) is 0 Å². The number of hydrogen-bond donors (Lipinski definition) is 2. The van der Waals surface area contributed by atoms with Crippen LogP contribution in [0.4, 0.5) is 0 Å². The summed E-state index contributed by atoms with van der Waals surface area (Å²) in [5, 5.41) is 14.5. The van der Waals surface area contributed by atoms with Crippen molar-refractivity contribution in [2.75, 3.05) is 13.7 Å². The Morgan fingerprint density at radius 1 is 1.00 bits per heavy atom. The fourth-order valence-corrected chi connectivity index (χ4v) is 3.87. The molecule has 0 aliphatic heterocycles. The van der Waals surface area contributed by atoms with E-state index < -0.39 is 6.10 Å². The van der Waals surface area contributed by atoms with Gasteiger partial charge in [0.05, 0.1) is 27.7 Å². The van der Waals surface area contributed by atoms with E-state index >= 15 is 0 Å². The molecule has 0 aliphatic rings. The molecule has 4 nitrogen and oxygen atoms in total. The van der Waals surface area contributed by atoms with Crippen molar-refractivity contribution in [3.63, 3.8) is 0 Å². The number of methoxy groups -OCH3 is 1. The van der Waals surface area contributed by atoms with Crippen LogP contribution in [0.5, 0.6) is 11.5 Å². The SMILES string of the molecule is COc1cc(CNC[C@@H](O)c2ccccc2)cc(Br)c1OCc1ccc(Cl)c(Cl)c1. The molecule has 3 aromatic carbocycles. The first-order valence-corrected chi connectivity index (χ1v) is 10.9. The van der Waals surface area contributed by atoms with Crippen molar-refractivity contribution in [1.29, 1.82) is 0 Å². The maximum absolute atomic E-state index is 10.3. The van der Waals surface area contributed by atoms with Gasteiger partial charge in [0.1, 0.15) is 6.61 Å². The van der Waals surface area contributed by atoms with Gasteiger partial charge in [-0.2, -0.15) is 0 Å². The van der Waals surface area contributed by atoms with Gasteiger partial charge in [0.2, 0.25) is 0 Å². The zero-order valence-electron chi connectivity index (χ0n) is 16.4. The van der Waals surface area contributed by atoms with Crippen LogP contribution in [-0.2, 0) is 13.2 Å². The fourth-order valence-electron chi connectivity index (χ4n) is 2.95. The van der Waals surface area contributed by atoms with Crippen molar-refractivity contribution >= 4 is 39.1 Å². The van der Waals surface area contributed by atoms with E-state index in [1.165, 1.54) is 0 Å². The van der Waals surface area contributed by atoms with Crippen LogP contribution in [0.25, 0.3) is 0 Å². The molecule has 3 rings (SSSR count). The predicted octanol–water partition coefficient (Wildman–Crippen LogP) is 6.17. The standard InChI is InChI=1S/C23H22BrCl2NO3/c1-29-22-11-16(12-27-13-21(28)17-5-3-2-4-6-17)9-18(24)23(22)30-14-15-7-8-19(25)20(26)10-15/h2-11,21,27-28H,12-14H2,1H3/t21-/m1/s1. The van der Waals surface area contributed by atoms with Gasteiger partial charge in [-0.05, 0) is 56.9 Å². The molecule has 0 fully saturated rings. The predicted molar refractivity (Wildman–Crippen MR) is 125 cm³/mol. The second-order valence-electron chi connectivity index (χ2n) is 6.70. The lowest BCUT2D eigenvalue weighted by Gasteiger charge is -2.16. The number of rotatable bonds is 9. The van der Waals surface area contributed by atoms with Gasteiger partial charge in [-0.25, -0.2) is 0 Å². The number of aliphatic hydroxyl groups is 1. The Bertz CT molecular complexity index is 986. The molecule has 7 heteroatoms. The average molecular weight is 511 g/mol. The summed E-state index contributed by atoms with van der Waals surface area (Å²) >= 11 is 15.6. The Kier molecular flexibility index (Phi) is 8.42. The molecular weight excluding hydrogens is 489 g/mol. The molecule has 0 bridgehead atoms. The zero-order chi connectivity index (χ0) is 21.5. The molecule has 0 aliphatic carbocycles. The second-order valence-corrected chi connectivity index (χ2v) is 8.37. The van der Waals surface area contributed by atoms with Crippen LogP contribution < -0.4 is 14.8 Å². The van der Waals surface area contributed by atoms with Crippen LogP contribution in [0.1, 0.15) is 22.8 Å². The molecule has 0 unspecified atom stereocenters. The molecule has 0 heterocycles. The molecule has 30 heavy (non-hydrogen) atoms. The Labute approximate surface area is 194 Å². The number of halogens is 3. The lowest BCUT2D eigenvalue weighted by molar-refractivity contribution is 0.174. The van der Waals surface area contributed by atoms with Crippen molar-refractivity contribution < 1.29 is 14.6 Å². The number of nitrogens with one attached hydrogen (secondary N) is 1. The highest BCUT2D eigenvalue weighted by Gasteiger charge is 2.13.